The van der Waals surface area contributed by atoms with Crippen LogP contribution in [0.2, 0.25) is 0 Å². The number of rotatable bonds is 10. The Morgan fingerprint density at radius 3 is 2.47 bits per heavy atom. The predicted molar refractivity (Wildman–Crippen MR) is 80.8 cm³/mol. The number of nitrogens with zero attached hydrogens (tertiary/aromatic N) is 1. The van der Waals surface area contributed by atoms with Gasteiger partial charge >= 0.3 is 0 Å². The lowest BCUT2D eigenvalue weighted by Crippen LogP contribution is -2.27. The van der Waals surface area contributed by atoms with Gasteiger partial charge in [-0.25, -0.2) is 0 Å². The second-order valence-corrected chi connectivity index (χ2v) is 5.30. The fourth-order valence-corrected chi connectivity index (χ4v) is 2.29. The SMILES string of the molecule is C=C/C(=C/N)SC(=C)CN(CCC)CCCC. The van der Waals surface area contributed by atoms with Gasteiger partial charge in [0.1, 0.15) is 0 Å². The average molecular weight is 254 g/mol. The minimum Gasteiger partial charge on any atom is -0.404 e. The summed E-state index contributed by atoms with van der Waals surface area (Å²) in [4.78, 5) is 4.56. The van der Waals surface area contributed by atoms with Gasteiger partial charge in [0.15, 0.2) is 0 Å². The first-order chi connectivity index (χ1) is 8.17. The van der Waals surface area contributed by atoms with E-state index in [-0.39, 0.29) is 0 Å². The van der Waals surface area contributed by atoms with Crippen LogP contribution >= 0.6 is 11.8 Å². The Bertz CT molecular complexity index is 259. The molecule has 0 aliphatic heterocycles. The zero-order chi connectivity index (χ0) is 13.1. The van der Waals surface area contributed by atoms with E-state index in [4.69, 9.17) is 5.73 Å². The molecule has 0 aliphatic carbocycles. The molecule has 0 bridgehead atoms. The molecule has 0 amide bonds. The number of nitrogens with two attached hydrogens (primary N) is 1. The Morgan fingerprint density at radius 2 is 2.00 bits per heavy atom. The highest BCUT2D eigenvalue weighted by molar-refractivity contribution is 8.06. The van der Waals surface area contributed by atoms with Gasteiger partial charge in [-0.2, -0.15) is 0 Å². The molecule has 0 heterocycles. The molecule has 2 N–H and O–H groups in total. The summed E-state index contributed by atoms with van der Waals surface area (Å²) in [5.74, 6) is 0. The third-order valence-corrected chi connectivity index (χ3v) is 3.35. The summed E-state index contributed by atoms with van der Waals surface area (Å²) in [5.41, 5.74) is 5.49. The topological polar surface area (TPSA) is 29.3 Å². The maximum atomic E-state index is 5.49. The molecule has 3 heteroatoms. The molecular formula is C14H26N2S. The summed E-state index contributed by atoms with van der Waals surface area (Å²) in [6.45, 7) is 15.5. The first kappa shape index (κ1) is 16.3. The van der Waals surface area contributed by atoms with Crippen molar-refractivity contribution in [3.05, 3.63) is 35.2 Å². The highest BCUT2D eigenvalue weighted by Gasteiger charge is 2.06. The first-order valence-corrected chi connectivity index (χ1v) is 7.11. The van der Waals surface area contributed by atoms with E-state index in [0.717, 1.165) is 29.4 Å². The van der Waals surface area contributed by atoms with Crippen molar-refractivity contribution in [3.8, 4) is 0 Å². The van der Waals surface area contributed by atoms with Crippen molar-refractivity contribution >= 4 is 11.8 Å². The van der Waals surface area contributed by atoms with Crippen molar-refractivity contribution in [1.82, 2.24) is 4.90 Å². The van der Waals surface area contributed by atoms with E-state index in [2.05, 4.69) is 31.9 Å². The van der Waals surface area contributed by atoms with Gasteiger partial charge in [0.25, 0.3) is 0 Å². The maximum absolute atomic E-state index is 5.49. The molecule has 98 valence electrons. The van der Waals surface area contributed by atoms with E-state index >= 15 is 0 Å². The van der Waals surface area contributed by atoms with E-state index in [1.165, 1.54) is 19.3 Å². The Labute approximate surface area is 111 Å². The van der Waals surface area contributed by atoms with Gasteiger partial charge in [-0.15, -0.1) is 0 Å². The smallest absolute Gasteiger partial charge is 0.0291 e. The molecule has 2 nitrogen and oxygen atoms in total. The molecule has 0 atom stereocenters. The average Bonchev–Trinajstić information content (AvgIpc) is 2.33. The van der Waals surface area contributed by atoms with Gasteiger partial charge in [-0.1, -0.05) is 51.3 Å². The van der Waals surface area contributed by atoms with Gasteiger partial charge in [-0.05, 0) is 30.8 Å². The van der Waals surface area contributed by atoms with Crippen molar-refractivity contribution in [2.75, 3.05) is 19.6 Å². The van der Waals surface area contributed by atoms with Crippen LogP contribution in [0.3, 0.4) is 0 Å². The van der Waals surface area contributed by atoms with E-state index in [1.54, 1.807) is 24.0 Å². The maximum Gasteiger partial charge on any atom is 0.0291 e. The van der Waals surface area contributed by atoms with Crippen molar-refractivity contribution in [1.29, 1.82) is 0 Å². The molecule has 0 aromatic heterocycles. The summed E-state index contributed by atoms with van der Waals surface area (Å²) in [6, 6.07) is 0. The largest absolute Gasteiger partial charge is 0.404 e. The van der Waals surface area contributed by atoms with Crippen LogP contribution in [-0.2, 0) is 0 Å². The predicted octanol–water partition coefficient (Wildman–Crippen LogP) is 3.73. The summed E-state index contributed by atoms with van der Waals surface area (Å²) in [6.07, 6.45) is 7.02. The molecule has 0 aliphatic rings. The quantitative estimate of drug-likeness (QED) is 0.602. The number of allylic oxidation sites excluding steroid dienone is 1. The van der Waals surface area contributed by atoms with Gasteiger partial charge < -0.3 is 5.73 Å². The lowest BCUT2D eigenvalue weighted by molar-refractivity contribution is 0.296. The van der Waals surface area contributed by atoms with Crippen LogP contribution in [0.4, 0.5) is 0 Å². The zero-order valence-electron chi connectivity index (χ0n) is 11.2. The van der Waals surface area contributed by atoms with Gasteiger partial charge in [-0.3, -0.25) is 4.90 Å². The molecule has 0 saturated heterocycles. The minimum atomic E-state index is 0.934. The summed E-state index contributed by atoms with van der Waals surface area (Å²) in [5, 5.41) is 0. The van der Waals surface area contributed by atoms with Crippen LogP contribution in [0.1, 0.15) is 33.1 Å². The fourth-order valence-electron chi connectivity index (χ4n) is 1.56. The van der Waals surface area contributed by atoms with Crippen LogP contribution in [0.15, 0.2) is 35.2 Å². The fraction of sp³-hybridized carbons (Fsp3) is 0.571. The first-order valence-electron chi connectivity index (χ1n) is 6.30. The molecule has 0 radical (unpaired) electrons. The van der Waals surface area contributed by atoms with Gasteiger partial charge in [0, 0.05) is 17.6 Å². The van der Waals surface area contributed by atoms with Crippen molar-refractivity contribution in [2.45, 2.75) is 33.1 Å². The number of unbranched alkanes of at least 4 members (excludes halogenated alkanes) is 1. The Balaban J connectivity index is 4.14. The summed E-state index contributed by atoms with van der Waals surface area (Å²) < 4.78 is 0. The molecule has 0 fully saturated rings. The molecule has 0 unspecified atom stereocenters. The summed E-state index contributed by atoms with van der Waals surface area (Å²) >= 11 is 1.61. The van der Waals surface area contributed by atoms with E-state index in [1.807, 2.05) is 0 Å². The molecule has 17 heavy (non-hydrogen) atoms. The van der Waals surface area contributed by atoms with Crippen molar-refractivity contribution in [2.24, 2.45) is 5.73 Å². The monoisotopic (exact) mass is 254 g/mol. The van der Waals surface area contributed by atoms with E-state index < -0.39 is 0 Å². The second kappa shape index (κ2) is 10.5. The molecule has 0 rings (SSSR count). The number of hydrogen-bond donors (Lipinski definition) is 1. The zero-order valence-corrected chi connectivity index (χ0v) is 12.1. The normalized spacial score (nSPS) is 11.8. The molecule has 0 aromatic rings. The van der Waals surface area contributed by atoms with Crippen molar-refractivity contribution < 1.29 is 0 Å². The lowest BCUT2D eigenvalue weighted by Gasteiger charge is -2.22. The highest BCUT2D eigenvalue weighted by atomic mass is 32.2. The van der Waals surface area contributed by atoms with Crippen molar-refractivity contribution in [3.63, 3.8) is 0 Å². The Hall–Kier alpha value is -0.670. The van der Waals surface area contributed by atoms with Crippen LogP contribution < -0.4 is 5.73 Å². The number of thioether (sulfide) groups is 1. The van der Waals surface area contributed by atoms with E-state index in [0.29, 0.717) is 0 Å². The number of hydrogen-bond acceptors (Lipinski definition) is 3. The van der Waals surface area contributed by atoms with Gasteiger partial charge in [0.2, 0.25) is 0 Å². The van der Waals surface area contributed by atoms with Crippen LogP contribution in [0, 0.1) is 0 Å². The highest BCUT2D eigenvalue weighted by Crippen LogP contribution is 2.24. The molecule has 0 saturated carbocycles. The summed E-state index contributed by atoms with van der Waals surface area (Å²) in [7, 11) is 0. The Kier molecular flexibility index (Phi) is 10.1. The van der Waals surface area contributed by atoms with Gasteiger partial charge in [0.05, 0.1) is 0 Å². The van der Waals surface area contributed by atoms with Crippen LogP contribution in [-0.4, -0.2) is 24.5 Å². The van der Waals surface area contributed by atoms with E-state index in [9.17, 15) is 0 Å². The minimum absolute atomic E-state index is 0.934. The Morgan fingerprint density at radius 1 is 1.29 bits per heavy atom. The molecular weight excluding hydrogens is 228 g/mol. The third kappa shape index (κ3) is 8.11. The standard InChI is InChI=1S/C14H26N2S/c1-5-8-10-16(9-6-2)12-13(4)17-14(7-3)11-15/h7,11H,3-6,8-10,12,15H2,1-2H3/b14-11-. The molecule has 0 spiro atoms. The third-order valence-electron chi connectivity index (χ3n) is 2.40. The molecule has 0 aromatic carbocycles. The van der Waals surface area contributed by atoms with Crippen LogP contribution in [0.5, 0.6) is 0 Å². The lowest BCUT2D eigenvalue weighted by atomic mass is 10.3. The second-order valence-electron chi connectivity index (χ2n) is 4.04. The van der Waals surface area contributed by atoms with Crippen LogP contribution in [0.25, 0.3) is 0 Å².